The van der Waals surface area contributed by atoms with Crippen molar-refractivity contribution in [2.24, 2.45) is 5.92 Å². The molecular formula is C32H34SiZr-4. The Morgan fingerprint density at radius 2 is 1.26 bits per heavy atom. The largest absolute Gasteiger partial charge is 0.150 e. The van der Waals surface area contributed by atoms with Gasteiger partial charge in [0, 0.05) is 0 Å². The summed E-state index contributed by atoms with van der Waals surface area (Å²) in [5.41, 5.74) is 9.35. The quantitative estimate of drug-likeness (QED) is 0.177. The Kier molecular flexibility index (Phi) is 12.6. The molecule has 34 heavy (non-hydrogen) atoms. The molecular weight excluding hydrogens is 504 g/mol. The Hall–Kier alpha value is -2.15. The van der Waals surface area contributed by atoms with Gasteiger partial charge in [-0.1, -0.05) is 92.9 Å². The van der Waals surface area contributed by atoms with Crippen LogP contribution in [-0.4, -0.2) is 6.88 Å². The fourth-order valence-corrected chi connectivity index (χ4v) is 4.04. The Balaban J connectivity index is 0.000000380. The molecule has 1 aliphatic rings. The van der Waals surface area contributed by atoms with E-state index in [-0.39, 0.29) is 14.9 Å². The van der Waals surface area contributed by atoms with Crippen LogP contribution in [-0.2, 0) is 23.3 Å². The minimum absolute atomic E-state index is 0. The van der Waals surface area contributed by atoms with Crippen LogP contribution >= 0.6 is 0 Å². The molecule has 0 spiro atoms. The zero-order valence-corrected chi connectivity index (χ0v) is 24.7. The molecule has 4 aromatic carbocycles. The summed E-state index contributed by atoms with van der Waals surface area (Å²) in [7, 11) is 0. The van der Waals surface area contributed by atoms with Crippen molar-refractivity contribution in [3.63, 3.8) is 0 Å². The summed E-state index contributed by atoms with van der Waals surface area (Å²) in [6.45, 7) is 11.7. The summed E-state index contributed by atoms with van der Waals surface area (Å²) in [4.78, 5) is 0. The SMILES string of the molecule is CC1=[C-]C(C)C(C)=C1C.[CH3-].[CH3-].[Si]=[Zr].c1ccc(-c2ccc(-c3c[cH-]c4ccccc34)cc2)cc1. The molecule has 0 saturated carbocycles. The second kappa shape index (κ2) is 14.3. The molecule has 5 rings (SSSR count). The van der Waals surface area contributed by atoms with Gasteiger partial charge in [-0.05, 0) is 11.1 Å². The number of rotatable bonds is 2. The van der Waals surface area contributed by atoms with E-state index >= 15 is 0 Å². The van der Waals surface area contributed by atoms with Crippen molar-refractivity contribution in [1.29, 1.82) is 0 Å². The van der Waals surface area contributed by atoms with E-state index in [2.05, 4.69) is 126 Å². The third kappa shape index (κ3) is 6.94. The average Bonchev–Trinajstić information content (AvgIpc) is 3.38. The van der Waals surface area contributed by atoms with Gasteiger partial charge < -0.3 is 14.9 Å². The number of fused-ring (bicyclic) bond motifs is 1. The van der Waals surface area contributed by atoms with Gasteiger partial charge in [0.05, 0.1) is 0 Å². The molecule has 0 fully saturated rings. The van der Waals surface area contributed by atoms with Gasteiger partial charge in [-0.15, -0.1) is 53.6 Å². The maximum Gasteiger partial charge on any atom is -0.0184 e. The molecule has 1 unspecified atom stereocenters. The zero-order chi connectivity index (χ0) is 23.1. The summed E-state index contributed by atoms with van der Waals surface area (Å²) in [5.74, 6) is 0.560. The molecule has 174 valence electrons. The summed E-state index contributed by atoms with van der Waals surface area (Å²) >= 11 is 1.36. The van der Waals surface area contributed by atoms with Crippen molar-refractivity contribution in [3.05, 3.63) is 129 Å². The predicted octanol–water partition coefficient (Wildman–Crippen LogP) is 9.13. The van der Waals surface area contributed by atoms with Crippen molar-refractivity contribution >= 4 is 17.7 Å². The third-order valence-corrected chi connectivity index (χ3v) is 6.22. The Bertz CT molecular complexity index is 1230. The monoisotopic (exact) mass is 536 g/mol. The van der Waals surface area contributed by atoms with Gasteiger partial charge in [-0.2, -0.15) is 11.1 Å². The average molecular weight is 538 g/mol. The van der Waals surface area contributed by atoms with Gasteiger partial charge in [0.25, 0.3) is 0 Å². The Morgan fingerprint density at radius 1 is 0.735 bits per heavy atom. The number of allylic oxidation sites excluding steroid dienone is 4. The number of benzene rings is 3. The molecule has 2 radical (unpaired) electrons. The van der Waals surface area contributed by atoms with Crippen LogP contribution in [0.5, 0.6) is 0 Å². The molecule has 0 aromatic heterocycles. The first-order valence-electron chi connectivity index (χ1n) is 10.9. The molecule has 0 N–H and O–H groups in total. The third-order valence-electron chi connectivity index (χ3n) is 6.22. The Labute approximate surface area is 224 Å². The molecule has 0 amide bonds. The van der Waals surface area contributed by atoms with E-state index < -0.39 is 0 Å². The Morgan fingerprint density at radius 3 is 1.79 bits per heavy atom. The first-order chi connectivity index (χ1) is 15.5. The molecule has 0 heterocycles. The van der Waals surface area contributed by atoms with Gasteiger partial charge in [0.2, 0.25) is 0 Å². The smallest absolute Gasteiger partial charge is 0.0184 e. The topological polar surface area (TPSA) is 0 Å². The second-order valence-corrected chi connectivity index (χ2v) is 8.08. The van der Waals surface area contributed by atoms with Crippen molar-refractivity contribution in [3.8, 4) is 22.3 Å². The van der Waals surface area contributed by atoms with Gasteiger partial charge in [0.15, 0.2) is 0 Å². The van der Waals surface area contributed by atoms with E-state index in [1.165, 1.54) is 73.1 Å². The van der Waals surface area contributed by atoms with Crippen molar-refractivity contribution in [1.82, 2.24) is 0 Å². The van der Waals surface area contributed by atoms with Crippen molar-refractivity contribution in [2.75, 3.05) is 0 Å². The van der Waals surface area contributed by atoms with Crippen LogP contribution in [0.3, 0.4) is 0 Å². The van der Waals surface area contributed by atoms with E-state index in [1.807, 2.05) is 6.07 Å². The van der Waals surface area contributed by atoms with Gasteiger partial charge in [-0.3, -0.25) is 6.08 Å². The fraction of sp³-hybridized carbons (Fsp3) is 0.156. The van der Waals surface area contributed by atoms with Crippen LogP contribution in [0.2, 0.25) is 0 Å². The van der Waals surface area contributed by atoms with Crippen LogP contribution in [0.1, 0.15) is 27.7 Å². The predicted molar refractivity (Wildman–Crippen MR) is 149 cm³/mol. The number of hydrogen-bond donors (Lipinski definition) is 0. The van der Waals surface area contributed by atoms with E-state index in [0.717, 1.165) is 0 Å². The normalized spacial score (nSPS) is 14.0. The van der Waals surface area contributed by atoms with Crippen LogP contribution in [0, 0.1) is 26.8 Å². The standard InChI is InChI=1S/C21H15.C9H13.2CH3.Si.Zr/c1-2-6-16(7-3-1)17-10-12-19(13-11-17)21-15-14-18-8-4-5-9-20(18)21;1-6-5-7(2)9(4)8(6)3;;;;/h1-15H;6H,1-4H3;2*1H3;;/q4*-1;;. The molecule has 1 atom stereocenters. The van der Waals surface area contributed by atoms with Gasteiger partial charge >= 0.3 is 30.2 Å². The van der Waals surface area contributed by atoms with E-state index in [0.29, 0.717) is 5.92 Å². The van der Waals surface area contributed by atoms with Crippen molar-refractivity contribution in [2.45, 2.75) is 27.7 Å². The molecule has 0 bridgehead atoms. The molecule has 2 heteroatoms. The van der Waals surface area contributed by atoms with Crippen LogP contribution in [0.4, 0.5) is 0 Å². The summed E-state index contributed by atoms with van der Waals surface area (Å²) in [6, 6.07) is 32.3. The van der Waals surface area contributed by atoms with Crippen molar-refractivity contribution < 1.29 is 23.3 Å². The summed E-state index contributed by atoms with van der Waals surface area (Å²) in [6.07, 6.45) is 3.36. The molecule has 0 aliphatic heterocycles. The molecule has 0 saturated heterocycles. The summed E-state index contributed by atoms with van der Waals surface area (Å²) < 4.78 is 0. The van der Waals surface area contributed by atoms with Crippen LogP contribution in [0.25, 0.3) is 33.0 Å². The van der Waals surface area contributed by atoms with Gasteiger partial charge in [-0.25, -0.2) is 5.57 Å². The van der Waals surface area contributed by atoms with Gasteiger partial charge in [0.1, 0.15) is 0 Å². The minimum atomic E-state index is 0. The van der Waals surface area contributed by atoms with E-state index in [4.69, 9.17) is 0 Å². The summed E-state index contributed by atoms with van der Waals surface area (Å²) in [5, 5.41) is 2.63. The zero-order valence-electron chi connectivity index (χ0n) is 21.2. The minimum Gasteiger partial charge on any atom is -0.150 e. The number of hydrogen-bond acceptors (Lipinski definition) is 0. The van der Waals surface area contributed by atoms with E-state index in [9.17, 15) is 0 Å². The molecule has 4 aromatic rings. The maximum absolute atomic E-state index is 3.36. The molecule has 1 aliphatic carbocycles. The van der Waals surface area contributed by atoms with E-state index in [1.54, 1.807) is 0 Å². The first-order valence-corrected chi connectivity index (χ1v) is 15.1. The molecule has 0 nitrogen and oxygen atoms in total. The second-order valence-electron chi connectivity index (χ2n) is 8.08. The first kappa shape index (κ1) is 29.9. The van der Waals surface area contributed by atoms with Crippen LogP contribution in [0.15, 0.2) is 108 Å². The van der Waals surface area contributed by atoms with Crippen LogP contribution < -0.4 is 0 Å². The fourth-order valence-electron chi connectivity index (χ4n) is 4.04. The maximum atomic E-state index is 3.36.